The number of carbonyl (C=O) groups is 1. The molecule has 146 valence electrons. The Balaban J connectivity index is 0.00000243. The number of rotatable bonds is 8. The van der Waals surface area contributed by atoms with E-state index >= 15 is 0 Å². The number of hydrogen-bond donors (Lipinski definition) is 2. The molecule has 2 aliphatic heterocycles. The molecule has 0 spiro atoms. The summed E-state index contributed by atoms with van der Waals surface area (Å²) < 4.78 is 0. The Hall–Kier alpha value is -1.10. The molecule has 0 radical (unpaired) electrons. The topological polar surface area (TPSA) is 44.4 Å². The van der Waals surface area contributed by atoms with Gasteiger partial charge in [0.1, 0.15) is 0 Å². The number of nitrogens with zero attached hydrogens (tertiary/aromatic N) is 1. The number of unbranched alkanes of at least 4 members (excludes halogenated alkanes) is 1. The number of halogens is 1. The normalized spacial score (nSPS) is 21.3. The maximum atomic E-state index is 11.9. The summed E-state index contributed by atoms with van der Waals surface area (Å²) in [5.41, 5.74) is 1.48. The van der Waals surface area contributed by atoms with Crippen molar-refractivity contribution in [2.45, 2.75) is 51.0 Å². The monoisotopic (exact) mass is 379 g/mol. The van der Waals surface area contributed by atoms with Gasteiger partial charge in [0.2, 0.25) is 5.91 Å². The molecule has 0 bridgehead atoms. The molecule has 2 N–H and O–H groups in total. The summed E-state index contributed by atoms with van der Waals surface area (Å²) in [7, 11) is 0. The minimum absolute atomic E-state index is 0. The van der Waals surface area contributed by atoms with Crippen LogP contribution in [-0.4, -0.2) is 49.6 Å². The van der Waals surface area contributed by atoms with E-state index < -0.39 is 0 Å². The molecule has 0 aliphatic carbocycles. The zero-order valence-electron chi connectivity index (χ0n) is 15.8. The van der Waals surface area contributed by atoms with Crippen LogP contribution >= 0.6 is 12.4 Å². The maximum Gasteiger partial charge on any atom is 0.237 e. The van der Waals surface area contributed by atoms with Crippen molar-refractivity contribution in [2.75, 3.05) is 32.7 Å². The molecule has 1 aromatic rings. The molecular weight excluding hydrogens is 346 g/mol. The molecule has 1 amide bonds. The minimum atomic E-state index is 0. The summed E-state index contributed by atoms with van der Waals surface area (Å²) in [5.74, 6) is 1.04. The van der Waals surface area contributed by atoms with E-state index in [9.17, 15) is 4.79 Å². The second-order valence-corrected chi connectivity index (χ2v) is 7.62. The molecular formula is C21H34ClN3O. The van der Waals surface area contributed by atoms with Crippen molar-refractivity contribution in [3.63, 3.8) is 0 Å². The van der Waals surface area contributed by atoms with E-state index in [1.54, 1.807) is 0 Å². The lowest BCUT2D eigenvalue weighted by atomic mass is 9.90. The lowest BCUT2D eigenvalue weighted by Gasteiger charge is -2.32. The number of hydrogen-bond acceptors (Lipinski definition) is 3. The molecule has 0 saturated carbocycles. The van der Waals surface area contributed by atoms with Crippen molar-refractivity contribution >= 4 is 18.3 Å². The van der Waals surface area contributed by atoms with Crippen LogP contribution in [0.1, 0.15) is 44.1 Å². The van der Waals surface area contributed by atoms with Crippen molar-refractivity contribution in [3.8, 4) is 0 Å². The van der Waals surface area contributed by atoms with Gasteiger partial charge in [0.05, 0.1) is 6.04 Å². The third-order valence-electron chi connectivity index (χ3n) is 5.65. The molecule has 0 aromatic heterocycles. The first-order chi connectivity index (χ1) is 12.3. The molecule has 5 heteroatoms. The van der Waals surface area contributed by atoms with Crippen LogP contribution in [0.3, 0.4) is 0 Å². The molecule has 1 atom stereocenters. The van der Waals surface area contributed by atoms with E-state index in [2.05, 4.69) is 45.9 Å². The number of benzene rings is 1. The average molecular weight is 380 g/mol. The van der Waals surface area contributed by atoms with E-state index in [-0.39, 0.29) is 24.4 Å². The quantitative estimate of drug-likeness (QED) is 0.682. The molecule has 0 unspecified atom stereocenters. The van der Waals surface area contributed by atoms with Crippen molar-refractivity contribution in [3.05, 3.63) is 35.9 Å². The molecule has 2 saturated heterocycles. The Morgan fingerprint density at radius 3 is 2.58 bits per heavy atom. The Labute approximate surface area is 164 Å². The largest absolute Gasteiger partial charge is 0.355 e. The van der Waals surface area contributed by atoms with Crippen molar-refractivity contribution in [1.82, 2.24) is 15.5 Å². The van der Waals surface area contributed by atoms with Gasteiger partial charge in [-0.3, -0.25) is 4.79 Å². The van der Waals surface area contributed by atoms with Crippen LogP contribution in [-0.2, 0) is 11.2 Å². The fraction of sp³-hybridized carbons (Fsp3) is 0.667. The van der Waals surface area contributed by atoms with Crippen molar-refractivity contribution < 1.29 is 4.79 Å². The predicted molar refractivity (Wildman–Crippen MR) is 110 cm³/mol. The first kappa shape index (κ1) is 21.2. The second-order valence-electron chi connectivity index (χ2n) is 7.62. The second kappa shape index (κ2) is 11.6. The van der Waals surface area contributed by atoms with E-state index in [0.717, 1.165) is 38.3 Å². The van der Waals surface area contributed by atoms with Crippen LogP contribution < -0.4 is 10.6 Å². The standard InChI is InChI=1S/C21H33N3O.ClH/c25-21(20-9-6-13-22-20)23-12-4-5-14-24-15-10-19(11-16-24)17-18-7-2-1-3-8-18;/h1-3,7-8,19-20,22H,4-6,9-17H2,(H,23,25);1H/t20-;/m0./s1. The van der Waals surface area contributed by atoms with Gasteiger partial charge in [-0.15, -0.1) is 12.4 Å². The molecule has 2 fully saturated rings. The molecule has 1 aromatic carbocycles. The fourth-order valence-electron chi connectivity index (χ4n) is 4.07. The van der Waals surface area contributed by atoms with Crippen LogP contribution in [0.5, 0.6) is 0 Å². The number of likely N-dealkylation sites (tertiary alicyclic amines) is 1. The lowest BCUT2D eigenvalue weighted by Crippen LogP contribution is -2.41. The van der Waals surface area contributed by atoms with Gasteiger partial charge in [-0.2, -0.15) is 0 Å². The highest BCUT2D eigenvalue weighted by molar-refractivity contribution is 5.85. The molecule has 26 heavy (non-hydrogen) atoms. The molecule has 3 rings (SSSR count). The summed E-state index contributed by atoms with van der Waals surface area (Å²) in [6.07, 6.45) is 8.25. The van der Waals surface area contributed by atoms with Gasteiger partial charge in [-0.1, -0.05) is 30.3 Å². The summed E-state index contributed by atoms with van der Waals surface area (Å²) in [4.78, 5) is 14.5. The van der Waals surface area contributed by atoms with Gasteiger partial charge in [0.15, 0.2) is 0 Å². The summed E-state index contributed by atoms with van der Waals surface area (Å²) in [6, 6.07) is 10.9. The van der Waals surface area contributed by atoms with E-state index in [0.29, 0.717) is 0 Å². The molecule has 2 heterocycles. The Kier molecular flexibility index (Phi) is 9.44. The summed E-state index contributed by atoms with van der Waals surface area (Å²) in [6.45, 7) is 5.45. The van der Waals surface area contributed by atoms with Crippen LogP contribution in [0.25, 0.3) is 0 Å². The first-order valence-electron chi connectivity index (χ1n) is 10.1. The zero-order chi connectivity index (χ0) is 17.3. The highest BCUT2D eigenvalue weighted by Gasteiger charge is 2.21. The van der Waals surface area contributed by atoms with Crippen molar-refractivity contribution in [2.24, 2.45) is 5.92 Å². The van der Waals surface area contributed by atoms with Crippen LogP contribution in [0, 0.1) is 5.92 Å². The Morgan fingerprint density at radius 1 is 1.12 bits per heavy atom. The number of amides is 1. The van der Waals surface area contributed by atoms with E-state index in [4.69, 9.17) is 0 Å². The highest BCUT2D eigenvalue weighted by Crippen LogP contribution is 2.21. The zero-order valence-corrected chi connectivity index (χ0v) is 16.6. The van der Waals surface area contributed by atoms with Gasteiger partial charge in [0, 0.05) is 6.54 Å². The van der Waals surface area contributed by atoms with Gasteiger partial charge >= 0.3 is 0 Å². The number of carbonyl (C=O) groups excluding carboxylic acids is 1. The fourth-order valence-corrected chi connectivity index (χ4v) is 4.07. The maximum absolute atomic E-state index is 11.9. The van der Waals surface area contributed by atoms with Gasteiger partial charge in [-0.25, -0.2) is 0 Å². The molecule has 4 nitrogen and oxygen atoms in total. The van der Waals surface area contributed by atoms with Crippen LogP contribution in [0.15, 0.2) is 30.3 Å². The van der Waals surface area contributed by atoms with E-state index in [1.807, 2.05) is 0 Å². The molecule has 2 aliphatic rings. The number of nitrogens with one attached hydrogen (secondary N) is 2. The smallest absolute Gasteiger partial charge is 0.237 e. The predicted octanol–water partition coefficient (Wildman–Crippen LogP) is 3.01. The Morgan fingerprint density at radius 2 is 1.88 bits per heavy atom. The third kappa shape index (κ3) is 6.90. The Bertz CT molecular complexity index is 511. The first-order valence-corrected chi connectivity index (χ1v) is 10.1. The highest BCUT2D eigenvalue weighted by atomic mass is 35.5. The number of piperidine rings is 1. The summed E-state index contributed by atoms with van der Waals surface area (Å²) in [5, 5.41) is 6.33. The third-order valence-corrected chi connectivity index (χ3v) is 5.65. The van der Waals surface area contributed by atoms with Gasteiger partial charge < -0.3 is 15.5 Å². The minimum Gasteiger partial charge on any atom is -0.355 e. The van der Waals surface area contributed by atoms with Crippen LogP contribution in [0.2, 0.25) is 0 Å². The van der Waals surface area contributed by atoms with Crippen molar-refractivity contribution in [1.29, 1.82) is 0 Å². The van der Waals surface area contributed by atoms with Gasteiger partial charge in [-0.05, 0) is 82.6 Å². The average Bonchev–Trinajstić information content (AvgIpc) is 3.18. The SMILES string of the molecule is Cl.O=C(NCCCCN1CCC(Cc2ccccc2)CC1)[C@@H]1CCCN1. The summed E-state index contributed by atoms with van der Waals surface area (Å²) >= 11 is 0. The van der Waals surface area contributed by atoms with E-state index in [1.165, 1.54) is 50.9 Å². The lowest BCUT2D eigenvalue weighted by molar-refractivity contribution is -0.122. The van der Waals surface area contributed by atoms with Crippen LogP contribution in [0.4, 0.5) is 0 Å². The van der Waals surface area contributed by atoms with Gasteiger partial charge in [0.25, 0.3) is 0 Å².